The highest BCUT2D eigenvalue weighted by Gasteiger charge is 2.22. The van der Waals surface area contributed by atoms with Crippen LogP contribution in [0.5, 0.6) is 11.5 Å². The largest absolute Gasteiger partial charge is 0.497 e. The zero-order valence-electron chi connectivity index (χ0n) is 25.0. The van der Waals surface area contributed by atoms with Gasteiger partial charge in [0.2, 0.25) is 5.43 Å². The molecule has 1 heterocycles. The molecule has 0 spiro atoms. The molecule has 0 unspecified atom stereocenters. The van der Waals surface area contributed by atoms with E-state index < -0.39 is 34.5 Å². The van der Waals surface area contributed by atoms with Crippen molar-refractivity contribution in [1.29, 1.82) is 0 Å². The van der Waals surface area contributed by atoms with Gasteiger partial charge in [-0.3, -0.25) is 9.59 Å². The van der Waals surface area contributed by atoms with Crippen LogP contribution in [-0.4, -0.2) is 29.2 Å². The second kappa shape index (κ2) is 12.6. The maximum absolute atomic E-state index is 13.8. The van der Waals surface area contributed by atoms with Gasteiger partial charge in [0.05, 0.1) is 23.9 Å². The second-order valence-electron chi connectivity index (χ2n) is 11.2. The van der Waals surface area contributed by atoms with Crippen LogP contribution in [0.1, 0.15) is 47.1 Å². The lowest BCUT2D eigenvalue weighted by atomic mass is 10.1. The summed E-state index contributed by atoms with van der Waals surface area (Å²) in [4.78, 5) is 40.1. The summed E-state index contributed by atoms with van der Waals surface area (Å²) >= 11 is 0. The standard InChI is InChI=1S/C35H30F2N2O6/c1-35(2,3)45-34(42)22-12-26(17-28(13-22)43-4)39-19-30(33(41)38-25-15-23(36)14-24(37)16-25)32(40)29-11-10-27(18-31(29)39)44-20-21-8-6-5-7-9-21/h5-19H,20H2,1-4H3,(H,38,41). The Morgan fingerprint density at radius 1 is 0.867 bits per heavy atom. The lowest BCUT2D eigenvalue weighted by Crippen LogP contribution is -2.24. The van der Waals surface area contributed by atoms with Gasteiger partial charge < -0.3 is 24.1 Å². The Morgan fingerprint density at radius 3 is 2.24 bits per heavy atom. The van der Waals surface area contributed by atoms with Crippen LogP contribution in [0.25, 0.3) is 16.6 Å². The molecule has 230 valence electrons. The summed E-state index contributed by atoms with van der Waals surface area (Å²) in [5, 5.41) is 2.55. The van der Waals surface area contributed by atoms with Gasteiger partial charge in [0.15, 0.2) is 0 Å². The number of hydrogen-bond donors (Lipinski definition) is 1. The number of amides is 1. The van der Waals surface area contributed by atoms with Crippen LogP contribution >= 0.6 is 0 Å². The van der Waals surface area contributed by atoms with Crippen molar-refractivity contribution in [2.24, 2.45) is 0 Å². The van der Waals surface area contributed by atoms with E-state index in [-0.39, 0.29) is 28.8 Å². The monoisotopic (exact) mass is 612 g/mol. The van der Waals surface area contributed by atoms with Gasteiger partial charge in [0, 0.05) is 35.5 Å². The van der Waals surface area contributed by atoms with Gasteiger partial charge in [-0.05, 0) is 62.7 Å². The fraction of sp³-hybridized carbons (Fsp3) is 0.171. The molecule has 5 rings (SSSR count). The first-order valence-corrected chi connectivity index (χ1v) is 14.0. The number of rotatable bonds is 8. The van der Waals surface area contributed by atoms with Crippen molar-refractivity contribution in [2.75, 3.05) is 12.4 Å². The SMILES string of the molecule is COc1cc(C(=O)OC(C)(C)C)cc(-n2cc(C(=O)Nc3cc(F)cc(F)c3)c(=O)c3ccc(OCc4ccccc4)cc32)c1. The Balaban J connectivity index is 1.66. The van der Waals surface area contributed by atoms with Gasteiger partial charge in [-0.2, -0.15) is 0 Å². The molecule has 10 heteroatoms. The third-order valence-electron chi connectivity index (χ3n) is 6.63. The van der Waals surface area contributed by atoms with Crippen LogP contribution in [0.4, 0.5) is 14.5 Å². The Kier molecular flexibility index (Phi) is 8.67. The van der Waals surface area contributed by atoms with Gasteiger partial charge in [-0.25, -0.2) is 13.6 Å². The molecule has 4 aromatic carbocycles. The first-order valence-electron chi connectivity index (χ1n) is 14.0. The number of pyridine rings is 1. The van der Waals surface area contributed by atoms with E-state index in [1.165, 1.54) is 25.4 Å². The molecule has 45 heavy (non-hydrogen) atoms. The molecule has 0 atom stereocenters. The van der Waals surface area contributed by atoms with Crippen molar-refractivity contribution in [3.05, 3.63) is 130 Å². The predicted molar refractivity (Wildman–Crippen MR) is 166 cm³/mol. The average Bonchev–Trinajstić information content (AvgIpc) is 2.99. The highest BCUT2D eigenvalue weighted by atomic mass is 19.1. The van der Waals surface area contributed by atoms with Crippen molar-refractivity contribution in [1.82, 2.24) is 4.57 Å². The van der Waals surface area contributed by atoms with Crippen LogP contribution in [0.15, 0.2) is 95.9 Å². The number of methoxy groups -OCH3 is 1. The molecule has 1 N–H and O–H groups in total. The molecule has 0 saturated heterocycles. The number of halogens is 2. The first kappa shape index (κ1) is 30.9. The van der Waals surface area contributed by atoms with Crippen molar-refractivity contribution in [3.63, 3.8) is 0 Å². The predicted octanol–water partition coefficient (Wildman–Crippen LogP) is 7.06. The van der Waals surface area contributed by atoms with Crippen molar-refractivity contribution >= 4 is 28.5 Å². The average molecular weight is 613 g/mol. The molecular formula is C35H30F2N2O6. The molecule has 0 aliphatic rings. The van der Waals surface area contributed by atoms with E-state index in [1.807, 2.05) is 30.3 Å². The van der Waals surface area contributed by atoms with Crippen molar-refractivity contribution < 1.29 is 32.6 Å². The topological polar surface area (TPSA) is 95.9 Å². The van der Waals surface area contributed by atoms with Gasteiger partial charge >= 0.3 is 5.97 Å². The molecule has 0 fully saturated rings. The number of fused-ring (bicyclic) bond motifs is 1. The maximum atomic E-state index is 13.8. The molecule has 0 aliphatic heterocycles. The number of esters is 1. The normalized spacial score (nSPS) is 11.2. The zero-order chi connectivity index (χ0) is 32.3. The zero-order valence-corrected chi connectivity index (χ0v) is 25.0. The molecule has 0 radical (unpaired) electrons. The van der Waals surface area contributed by atoms with E-state index in [4.69, 9.17) is 14.2 Å². The summed E-state index contributed by atoms with van der Waals surface area (Å²) in [6, 6.07) is 21.5. The summed E-state index contributed by atoms with van der Waals surface area (Å²) in [6.45, 7) is 5.50. The van der Waals surface area contributed by atoms with E-state index in [0.29, 0.717) is 28.8 Å². The van der Waals surface area contributed by atoms with E-state index in [0.717, 1.165) is 17.7 Å². The number of aromatic nitrogens is 1. The fourth-order valence-electron chi connectivity index (χ4n) is 4.63. The minimum atomic E-state index is -0.893. The lowest BCUT2D eigenvalue weighted by Gasteiger charge is -2.21. The number of hydrogen-bond acceptors (Lipinski definition) is 6. The lowest BCUT2D eigenvalue weighted by molar-refractivity contribution is 0.00689. The van der Waals surface area contributed by atoms with E-state index in [9.17, 15) is 23.2 Å². The molecule has 1 amide bonds. The van der Waals surface area contributed by atoms with Crippen LogP contribution in [-0.2, 0) is 11.3 Å². The van der Waals surface area contributed by atoms with Crippen LogP contribution in [0, 0.1) is 11.6 Å². The minimum Gasteiger partial charge on any atom is -0.497 e. The fourth-order valence-corrected chi connectivity index (χ4v) is 4.63. The maximum Gasteiger partial charge on any atom is 0.338 e. The Morgan fingerprint density at radius 2 is 1.58 bits per heavy atom. The smallest absolute Gasteiger partial charge is 0.338 e. The summed E-state index contributed by atoms with van der Waals surface area (Å²) in [5.41, 5.74) is -0.0335. The minimum absolute atomic E-state index is 0.154. The number of nitrogens with one attached hydrogen (secondary N) is 1. The molecule has 0 saturated carbocycles. The highest BCUT2D eigenvalue weighted by Crippen LogP contribution is 2.28. The third-order valence-corrected chi connectivity index (χ3v) is 6.63. The van der Waals surface area contributed by atoms with Gasteiger partial charge in [-0.1, -0.05) is 30.3 Å². The van der Waals surface area contributed by atoms with Gasteiger partial charge in [0.25, 0.3) is 5.91 Å². The van der Waals surface area contributed by atoms with E-state index in [1.54, 1.807) is 49.6 Å². The Labute approximate surface area is 257 Å². The van der Waals surface area contributed by atoms with Crippen LogP contribution < -0.4 is 20.2 Å². The number of carbonyl (C=O) groups is 2. The number of carbonyl (C=O) groups excluding carboxylic acids is 2. The summed E-state index contributed by atoms with van der Waals surface area (Å²) < 4.78 is 46.2. The van der Waals surface area contributed by atoms with Crippen molar-refractivity contribution in [2.45, 2.75) is 33.0 Å². The number of anilines is 1. The first-order chi connectivity index (χ1) is 21.4. The Hall–Kier alpha value is -5.51. The molecule has 8 nitrogen and oxygen atoms in total. The summed E-state index contributed by atoms with van der Waals surface area (Å²) in [7, 11) is 1.44. The molecule has 0 bridgehead atoms. The summed E-state index contributed by atoms with van der Waals surface area (Å²) in [5.74, 6) is -2.52. The van der Waals surface area contributed by atoms with Crippen molar-refractivity contribution in [3.8, 4) is 17.2 Å². The van der Waals surface area contributed by atoms with E-state index >= 15 is 0 Å². The van der Waals surface area contributed by atoms with Gasteiger partial charge in [-0.15, -0.1) is 0 Å². The number of ether oxygens (including phenoxy) is 3. The molecular weight excluding hydrogens is 582 g/mol. The summed E-state index contributed by atoms with van der Waals surface area (Å²) in [6.07, 6.45) is 1.30. The van der Waals surface area contributed by atoms with Crippen LogP contribution in [0.3, 0.4) is 0 Å². The van der Waals surface area contributed by atoms with Gasteiger partial charge in [0.1, 0.15) is 40.9 Å². The number of benzene rings is 4. The molecule has 1 aromatic heterocycles. The Bertz CT molecular complexity index is 1950. The highest BCUT2D eigenvalue weighted by molar-refractivity contribution is 6.06. The van der Waals surface area contributed by atoms with E-state index in [2.05, 4.69) is 5.32 Å². The van der Waals surface area contributed by atoms with Crippen LogP contribution in [0.2, 0.25) is 0 Å². The molecule has 0 aliphatic carbocycles. The number of nitrogens with zero attached hydrogens (tertiary/aromatic N) is 1. The quantitative estimate of drug-likeness (QED) is 0.189. The second-order valence-corrected chi connectivity index (χ2v) is 11.2. The molecule has 5 aromatic rings. The third kappa shape index (κ3) is 7.35.